The summed E-state index contributed by atoms with van der Waals surface area (Å²) in [5.41, 5.74) is 2.60. The number of ether oxygens (including phenoxy) is 2. The maximum Gasteiger partial charge on any atom is 0.257 e. The molecule has 1 fully saturated rings. The predicted octanol–water partition coefficient (Wildman–Crippen LogP) is 3.61. The van der Waals surface area contributed by atoms with E-state index in [1.807, 2.05) is 47.4 Å². The fourth-order valence-electron chi connectivity index (χ4n) is 3.71. The monoisotopic (exact) mass is 484 g/mol. The highest BCUT2D eigenvalue weighted by atomic mass is 79.9. The van der Waals surface area contributed by atoms with Gasteiger partial charge in [0.1, 0.15) is 11.5 Å². The first-order valence-electron chi connectivity index (χ1n) is 10.1. The van der Waals surface area contributed by atoms with Gasteiger partial charge in [-0.2, -0.15) is 5.10 Å². The molecule has 2 aromatic carbocycles. The maximum atomic E-state index is 13.0. The second kappa shape index (κ2) is 9.53. The van der Waals surface area contributed by atoms with Gasteiger partial charge >= 0.3 is 0 Å². The van der Waals surface area contributed by atoms with Crippen LogP contribution in [-0.2, 0) is 6.54 Å². The van der Waals surface area contributed by atoms with E-state index in [9.17, 15) is 4.79 Å². The van der Waals surface area contributed by atoms with Crippen molar-refractivity contribution in [2.45, 2.75) is 6.54 Å². The van der Waals surface area contributed by atoms with Crippen LogP contribution in [0.1, 0.15) is 15.9 Å². The summed E-state index contributed by atoms with van der Waals surface area (Å²) in [6.07, 6.45) is 3.43. The van der Waals surface area contributed by atoms with Gasteiger partial charge in [0.25, 0.3) is 5.91 Å². The summed E-state index contributed by atoms with van der Waals surface area (Å²) in [6.45, 7) is 3.70. The molecule has 4 rings (SSSR count). The molecule has 162 valence electrons. The lowest BCUT2D eigenvalue weighted by molar-refractivity contribution is 0.0627. The first-order valence-corrected chi connectivity index (χ1v) is 10.9. The number of hydrogen-bond donors (Lipinski definition) is 0. The van der Waals surface area contributed by atoms with E-state index in [2.05, 4.69) is 25.9 Å². The van der Waals surface area contributed by atoms with Gasteiger partial charge < -0.3 is 14.4 Å². The van der Waals surface area contributed by atoms with Crippen LogP contribution >= 0.6 is 15.9 Å². The molecule has 0 unspecified atom stereocenters. The van der Waals surface area contributed by atoms with E-state index >= 15 is 0 Å². The molecule has 1 amide bonds. The molecule has 2 heterocycles. The Morgan fingerprint density at radius 3 is 2.45 bits per heavy atom. The van der Waals surface area contributed by atoms with Crippen molar-refractivity contribution in [2.75, 3.05) is 40.4 Å². The molecule has 7 nitrogen and oxygen atoms in total. The number of rotatable bonds is 6. The van der Waals surface area contributed by atoms with Crippen LogP contribution in [-0.4, -0.2) is 65.9 Å². The third kappa shape index (κ3) is 4.91. The third-order valence-corrected chi connectivity index (χ3v) is 5.99. The van der Waals surface area contributed by atoms with Gasteiger partial charge in [0, 0.05) is 49.0 Å². The molecule has 0 saturated carbocycles. The van der Waals surface area contributed by atoms with Gasteiger partial charge in [0.15, 0.2) is 0 Å². The number of carbonyl (C=O) groups is 1. The van der Waals surface area contributed by atoms with Gasteiger partial charge in [-0.3, -0.25) is 9.69 Å². The largest absolute Gasteiger partial charge is 0.497 e. The molecular formula is C23H25BrN4O3. The van der Waals surface area contributed by atoms with E-state index in [0.29, 0.717) is 18.7 Å². The van der Waals surface area contributed by atoms with E-state index < -0.39 is 0 Å². The van der Waals surface area contributed by atoms with Gasteiger partial charge in [-0.25, -0.2) is 4.68 Å². The van der Waals surface area contributed by atoms with Gasteiger partial charge in [0.05, 0.1) is 31.7 Å². The van der Waals surface area contributed by atoms with Crippen molar-refractivity contribution in [3.63, 3.8) is 0 Å². The zero-order valence-electron chi connectivity index (χ0n) is 17.6. The highest BCUT2D eigenvalue weighted by Gasteiger charge is 2.24. The highest BCUT2D eigenvalue weighted by molar-refractivity contribution is 9.10. The SMILES string of the molecule is COc1ccc(OC)c(CN2CCN(C(=O)c3cnn(-c4ccc(Br)cc4)c3)CC2)c1. The second-order valence-corrected chi connectivity index (χ2v) is 8.31. The number of aromatic nitrogens is 2. The average Bonchev–Trinajstić information content (AvgIpc) is 3.30. The number of piperazine rings is 1. The lowest BCUT2D eigenvalue weighted by Gasteiger charge is -2.34. The van der Waals surface area contributed by atoms with Crippen molar-refractivity contribution in [2.24, 2.45) is 0 Å². The maximum absolute atomic E-state index is 13.0. The van der Waals surface area contributed by atoms with Gasteiger partial charge in [-0.05, 0) is 42.5 Å². The van der Waals surface area contributed by atoms with Gasteiger partial charge in [-0.15, -0.1) is 0 Å². The van der Waals surface area contributed by atoms with Crippen molar-refractivity contribution in [1.82, 2.24) is 19.6 Å². The molecule has 8 heteroatoms. The summed E-state index contributed by atoms with van der Waals surface area (Å²) in [6, 6.07) is 13.6. The number of hydrogen-bond acceptors (Lipinski definition) is 5. The number of nitrogens with zero attached hydrogens (tertiary/aromatic N) is 4. The minimum absolute atomic E-state index is 0.0157. The Kier molecular flexibility index (Phi) is 6.58. The normalized spacial score (nSPS) is 14.5. The molecule has 31 heavy (non-hydrogen) atoms. The molecule has 1 aromatic heterocycles. The van der Waals surface area contributed by atoms with Crippen LogP contribution in [0.4, 0.5) is 0 Å². The predicted molar refractivity (Wildman–Crippen MR) is 122 cm³/mol. The lowest BCUT2D eigenvalue weighted by Crippen LogP contribution is -2.48. The van der Waals surface area contributed by atoms with E-state index in [4.69, 9.17) is 9.47 Å². The Balaban J connectivity index is 1.37. The summed E-state index contributed by atoms with van der Waals surface area (Å²) in [4.78, 5) is 17.2. The third-order valence-electron chi connectivity index (χ3n) is 5.46. The molecule has 1 saturated heterocycles. The number of carbonyl (C=O) groups excluding carboxylic acids is 1. The van der Waals surface area contributed by atoms with Gasteiger partial charge in [-0.1, -0.05) is 15.9 Å². The van der Waals surface area contributed by atoms with Crippen LogP contribution in [0.15, 0.2) is 59.3 Å². The standard InChI is InChI=1S/C23H25BrN4O3/c1-30-21-7-8-22(31-2)17(13-21)15-26-9-11-27(12-10-26)23(29)18-14-25-28(16-18)20-5-3-19(24)4-6-20/h3-8,13-14,16H,9-12,15H2,1-2H3. The molecule has 1 aliphatic rings. The van der Waals surface area contributed by atoms with Crippen LogP contribution < -0.4 is 9.47 Å². The van der Waals surface area contributed by atoms with Crippen molar-refractivity contribution < 1.29 is 14.3 Å². The van der Waals surface area contributed by atoms with E-state index in [-0.39, 0.29) is 5.91 Å². The van der Waals surface area contributed by atoms with E-state index in [1.165, 1.54) is 0 Å². The van der Waals surface area contributed by atoms with Crippen molar-refractivity contribution in [1.29, 1.82) is 0 Å². The summed E-state index contributed by atoms with van der Waals surface area (Å²) < 4.78 is 13.6. The van der Waals surface area contributed by atoms with Crippen molar-refractivity contribution >= 4 is 21.8 Å². The quantitative estimate of drug-likeness (QED) is 0.534. The van der Waals surface area contributed by atoms with Crippen LogP contribution in [0, 0.1) is 0 Å². The Morgan fingerprint density at radius 1 is 1.03 bits per heavy atom. The molecular weight excluding hydrogens is 460 g/mol. The molecule has 0 radical (unpaired) electrons. The zero-order chi connectivity index (χ0) is 21.8. The van der Waals surface area contributed by atoms with Crippen molar-refractivity contribution in [3.05, 3.63) is 70.5 Å². The summed E-state index contributed by atoms with van der Waals surface area (Å²) in [5, 5.41) is 4.36. The van der Waals surface area contributed by atoms with E-state index in [0.717, 1.165) is 46.9 Å². The fraction of sp³-hybridized carbons (Fsp3) is 0.304. The topological polar surface area (TPSA) is 59.8 Å². The number of methoxy groups -OCH3 is 2. The molecule has 0 spiro atoms. The van der Waals surface area contributed by atoms with Crippen molar-refractivity contribution in [3.8, 4) is 17.2 Å². The van der Waals surface area contributed by atoms with Gasteiger partial charge in [0.2, 0.25) is 0 Å². The molecule has 0 aliphatic carbocycles. The smallest absolute Gasteiger partial charge is 0.257 e. The zero-order valence-corrected chi connectivity index (χ0v) is 19.2. The average molecular weight is 485 g/mol. The number of amides is 1. The molecule has 0 N–H and O–H groups in total. The Hall–Kier alpha value is -2.84. The first-order chi connectivity index (χ1) is 15.1. The summed E-state index contributed by atoms with van der Waals surface area (Å²) in [5.74, 6) is 1.68. The summed E-state index contributed by atoms with van der Waals surface area (Å²) >= 11 is 3.43. The Bertz CT molecular complexity index is 1040. The fourth-order valence-corrected chi connectivity index (χ4v) is 3.97. The minimum atomic E-state index is 0.0157. The minimum Gasteiger partial charge on any atom is -0.497 e. The van der Waals surface area contributed by atoms with Crippen LogP contribution in [0.3, 0.4) is 0 Å². The number of halogens is 1. The van der Waals surface area contributed by atoms with Crippen LogP contribution in [0.25, 0.3) is 5.69 Å². The van der Waals surface area contributed by atoms with E-state index in [1.54, 1.807) is 31.3 Å². The first kappa shape index (κ1) is 21.4. The number of benzene rings is 2. The molecule has 3 aromatic rings. The molecule has 1 aliphatic heterocycles. The Morgan fingerprint density at radius 2 is 1.77 bits per heavy atom. The lowest BCUT2D eigenvalue weighted by atomic mass is 10.1. The Labute approximate surface area is 190 Å². The van der Waals surface area contributed by atoms with Crippen LogP contribution in [0.5, 0.6) is 11.5 Å². The summed E-state index contributed by atoms with van der Waals surface area (Å²) in [7, 11) is 3.34. The highest BCUT2D eigenvalue weighted by Crippen LogP contribution is 2.26. The second-order valence-electron chi connectivity index (χ2n) is 7.40. The molecule has 0 bridgehead atoms. The van der Waals surface area contributed by atoms with Crippen LogP contribution in [0.2, 0.25) is 0 Å². The molecule has 0 atom stereocenters.